The Morgan fingerprint density at radius 3 is 2.56 bits per heavy atom. The predicted octanol–water partition coefficient (Wildman–Crippen LogP) is 1.36. The first-order valence-electron chi connectivity index (χ1n) is 8.39. The minimum atomic E-state index is -1.13. The molecule has 0 aliphatic rings. The lowest BCUT2D eigenvalue weighted by molar-refractivity contribution is -0.142. The van der Waals surface area contributed by atoms with Crippen LogP contribution in [-0.2, 0) is 9.59 Å². The summed E-state index contributed by atoms with van der Waals surface area (Å²) in [7, 11) is 0. The number of amides is 2. The van der Waals surface area contributed by atoms with Crippen LogP contribution in [-0.4, -0.2) is 45.3 Å². The third-order valence-electron chi connectivity index (χ3n) is 3.67. The normalized spacial score (nSPS) is 11.9. The Hall–Kier alpha value is -3.23. The number of aromatic nitrogens is 2. The SMILES string of the molecule is CC(C)C[C@H](NC(=O)CNC(=O)c1ccn(-c2ccccc2F)n1)C(=O)O. The Kier molecular flexibility index (Phi) is 6.64. The fourth-order valence-electron chi connectivity index (χ4n) is 2.41. The van der Waals surface area contributed by atoms with E-state index in [9.17, 15) is 18.8 Å². The molecule has 0 aliphatic carbocycles. The number of para-hydroxylation sites is 1. The minimum absolute atomic E-state index is 0.00279. The smallest absolute Gasteiger partial charge is 0.326 e. The zero-order chi connectivity index (χ0) is 20.0. The molecule has 144 valence electrons. The summed E-state index contributed by atoms with van der Waals surface area (Å²) in [5.74, 6) is -2.78. The highest BCUT2D eigenvalue weighted by Gasteiger charge is 2.21. The fraction of sp³-hybridized carbons (Fsp3) is 0.333. The van der Waals surface area contributed by atoms with Gasteiger partial charge in [-0.25, -0.2) is 13.9 Å². The van der Waals surface area contributed by atoms with E-state index in [1.165, 1.54) is 35.1 Å². The first kappa shape index (κ1) is 20.1. The first-order chi connectivity index (χ1) is 12.8. The van der Waals surface area contributed by atoms with E-state index in [1.807, 2.05) is 13.8 Å². The number of carboxylic acid groups (broad SMARTS) is 1. The molecular formula is C18H21FN4O4. The Balaban J connectivity index is 1.93. The molecular weight excluding hydrogens is 355 g/mol. The van der Waals surface area contributed by atoms with Gasteiger partial charge in [-0.3, -0.25) is 9.59 Å². The van der Waals surface area contributed by atoms with Gasteiger partial charge in [-0.15, -0.1) is 0 Å². The average Bonchev–Trinajstić information content (AvgIpc) is 3.09. The van der Waals surface area contributed by atoms with Gasteiger partial charge in [0.25, 0.3) is 5.91 Å². The van der Waals surface area contributed by atoms with E-state index in [0.29, 0.717) is 0 Å². The Morgan fingerprint density at radius 2 is 1.93 bits per heavy atom. The molecule has 0 fully saturated rings. The molecule has 1 aromatic heterocycles. The van der Waals surface area contributed by atoms with Crippen molar-refractivity contribution in [1.29, 1.82) is 0 Å². The van der Waals surface area contributed by atoms with Gasteiger partial charge in [0.15, 0.2) is 5.69 Å². The van der Waals surface area contributed by atoms with E-state index in [-0.39, 0.29) is 23.7 Å². The molecule has 1 aromatic carbocycles. The molecule has 0 aliphatic heterocycles. The van der Waals surface area contributed by atoms with Crippen molar-refractivity contribution in [2.75, 3.05) is 6.54 Å². The third-order valence-corrected chi connectivity index (χ3v) is 3.67. The molecule has 0 spiro atoms. The van der Waals surface area contributed by atoms with Gasteiger partial charge in [0, 0.05) is 6.20 Å². The number of carboxylic acids is 1. The molecule has 0 unspecified atom stereocenters. The van der Waals surface area contributed by atoms with Gasteiger partial charge < -0.3 is 15.7 Å². The monoisotopic (exact) mass is 376 g/mol. The number of rotatable bonds is 8. The molecule has 0 radical (unpaired) electrons. The molecule has 1 heterocycles. The van der Waals surface area contributed by atoms with Crippen LogP contribution in [0.3, 0.4) is 0 Å². The number of benzene rings is 1. The maximum absolute atomic E-state index is 13.8. The van der Waals surface area contributed by atoms with Crippen LogP contribution in [0.15, 0.2) is 36.5 Å². The Morgan fingerprint density at radius 1 is 1.22 bits per heavy atom. The van der Waals surface area contributed by atoms with E-state index >= 15 is 0 Å². The summed E-state index contributed by atoms with van der Waals surface area (Å²) in [6, 6.07) is 6.33. The lowest BCUT2D eigenvalue weighted by atomic mass is 10.0. The predicted molar refractivity (Wildman–Crippen MR) is 94.9 cm³/mol. The second-order valence-electron chi connectivity index (χ2n) is 6.37. The molecule has 2 amide bonds. The number of nitrogens with zero attached hydrogens (tertiary/aromatic N) is 2. The molecule has 27 heavy (non-hydrogen) atoms. The fourth-order valence-corrected chi connectivity index (χ4v) is 2.41. The molecule has 0 bridgehead atoms. The summed E-state index contributed by atoms with van der Waals surface area (Å²) >= 11 is 0. The number of halogens is 1. The first-order valence-corrected chi connectivity index (χ1v) is 8.39. The van der Waals surface area contributed by atoms with Crippen LogP contribution < -0.4 is 10.6 Å². The lowest BCUT2D eigenvalue weighted by Gasteiger charge is -2.16. The number of carbonyl (C=O) groups excluding carboxylic acids is 2. The second-order valence-corrected chi connectivity index (χ2v) is 6.37. The van der Waals surface area contributed by atoms with Crippen LogP contribution >= 0.6 is 0 Å². The summed E-state index contributed by atoms with van der Waals surface area (Å²) in [6.07, 6.45) is 1.71. The van der Waals surface area contributed by atoms with Crippen LogP contribution in [0, 0.1) is 11.7 Å². The van der Waals surface area contributed by atoms with Crippen molar-refractivity contribution in [3.8, 4) is 5.69 Å². The van der Waals surface area contributed by atoms with Crippen LogP contribution in [0.5, 0.6) is 0 Å². The van der Waals surface area contributed by atoms with E-state index < -0.39 is 36.2 Å². The molecule has 9 heteroatoms. The zero-order valence-corrected chi connectivity index (χ0v) is 15.0. The molecule has 2 aromatic rings. The average molecular weight is 376 g/mol. The van der Waals surface area contributed by atoms with Crippen LogP contribution in [0.2, 0.25) is 0 Å². The second kappa shape index (κ2) is 8.93. The van der Waals surface area contributed by atoms with Gasteiger partial charge in [0.2, 0.25) is 5.91 Å². The van der Waals surface area contributed by atoms with Gasteiger partial charge in [-0.1, -0.05) is 26.0 Å². The number of nitrogens with one attached hydrogen (secondary N) is 2. The van der Waals surface area contributed by atoms with E-state index in [1.54, 1.807) is 6.07 Å². The summed E-state index contributed by atoms with van der Waals surface area (Å²) in [6.45, 7) is 3.29. The topological polar surface area (TPSA) is 113 Å². The summed E-state index contributed by atoms with van der Waals surface area (Å²) in [4.78, 5) is 35.1. The molecule has 2 rings (SSSR count). The third kappa shape index (κ3) is 5.63. The van der Waals surface area contributed by atoms with Crippen LogP contribution in [0.4, 0.5) is 4.39 Å². The highest BCUT2D eigenvalue weighted by molar-refractivity contribution is 5.95. The van der Waals surface area contributed by atoms with Crippen molar-refractivity contribution >= 4 is 17.8 Å². The maximum Gasteiger partial charge on any atom is 0.326 e. The largest absolute Gasteiger partial charge is 0.480 e. The number of hydrogen-bond acceptors (Lipinski definition) is 4. The maximum atomic E-state index is 13.8. The quantitative estimate of drug-likeness (QED) is 0.644. The van der Waals surface area contributed by atoms with Crippen molar-refractivity contribution < 1.29 is 23.9 Å². The van der Waals surface area contributed by atoms with Crippen LogP contribution in [0.1, 0.15) is 30.8 Å². The summed E-state index contributed by atoms with van der Waals surface area (Å²) in [5.41, 5.74) is 0.190. The minimum Gasteiger partial charge on any atom is -0.480 e. The van der Waals surface area contributed by atoms with Crippen molar-refractivity contribution in [2.24, 2.45) is 5.92 Å². The van der Waals surface area contributed by atoms with Crippen molar-refractivity contribution in [3.63, 3.8) is 0 Å². The zero-order valence-electron chi connectivity index (χ0n) is 15.0. The highest BCUT2D eigenvalue weighted by atomic mass is 19.1. The van der Waals surface area contributed by atoms with Gasteiger partial charge in [-0.05, 0) is 30.5 Å². The van der Waals surface area contributed by atoms with E-state index in [4.69, 9.17) is 5.11 Å². The Bertz CT molecular complexity index is 834. The summed E-state index contributed by atoms with van der Waals surface area (Å²) in [5, 5.41) is 17.8. The number of carbonyl (C=O) groups is 3. The van der Waals surface area contributed by atoms with Crippen molar-refractivity contribution in [2.45, 2.75) is 26.3 Å². The molecule has 1 atom stereocenters. The van der Waals surface area contributed by atoms with Gasteiger partial charge in [0.05, 0.1) is 6.54 Å². The number of hydrogen-bond donors (Lipinski definition) is 3. The molecule has 0 saturated heterocycles. The van der Waals surface area contributed by atoms with E-state index in [2.05, 4.69) is 15.7 Å². The van der Waals surface area contributed by atoms with Crippen LogP contribution in [0.25, 0.3) is 5.69 Å². The van der Waals surface area contributed by atoms with Gasteiger partial charge in [-0.2, -0.15) is 5.10 Å². The van der Waals surface area contributed by atoms with Crippen molar-refractivity contribution in [3.05, 3.63) is 48.0 Å². The lowest BCUT2D eigenvalue weighted by Crippen LogP contribution is -2.46. The van der Waals surface area contributed by atoms with Gasteiger partial charge >= 0.3 is 5.97 Å². The summed E-state index contributed by atoms with van der Waals surface area (Å²) < 4.78 is 15.0. The number of aliphatic carboxylic acids is 1. The molecule has 3 N–H and O–H groups in total. The Labute approximate surface area is 155 Å². The molecule has 8 nitrogen and oxygen atoms in total. The van der Waals surface area contributed by atoms with E-state index in [0.717, 1.165) is 0 Å². The van der Waals surface area contributed by atoms with Gasteiger partial charge in [0.1, 0.15) is 17.5 Å². The highest BCUT2D eigenvalue weighted by Crippen LogP contribution is 2.12. The van der Waals surface area contributed by atoms with Crippen molar-refractivity contribution in [1.82, 2.24) is 20.4 Å². The standard InChI is InChI=1S/C18H21FN4O4/c1-11(2)9-14(18(26)27)21-16(24)10-20-17(25)13-7-8-23(22-13)15-6-4-3-5-12(15)19/h3-8,11,14H,9-10H2,1-2H3,(H,20,25)(H,21,24)(H,26,27)/t14-/m0/s1. The molecule has 0 saturated carbocycles.